The molecule has 0 fully saturated rings. The van der Waals surface area contributed by atoms with Gasteiger partial charge in [-0.25, -0.2) is 4.68 Å². The van der Waals surface area contributed by atoms with Crippen LogP contribution in [0.25, 0.3) is 0 Å². The second-order valence-electron chi connectivity index (χ2n) is 4.08. The normalized spacial score (nSPS) is 10.6. The summed E-state index contributed by atoms with van der Waals surface area (Å²) in [5.41, 5.74) is 7.94. The predicted octanol–water partition coefficient (Wildman–Crippen LogP) is 1.71. The molecule has 2 rings (SSSR count). The Hall–Kier alpha value is -1.65. The number of rotatable bonds is 3. The van der Waals surface area contributed by atoms with E-state index in [0.29, 0.717) is 18.1 Å². The molecule has 4 nitrogen and oxygen atoms in total. The number of halogens is 1. The molecule has 2 N–H and O–H groups in total. The van der Waals surface area contributed by atoms with Crippen LogP contribution >= 0.6 is 11.6 Å². The average Bonchev–Trinajstić information content (AvgIpc) is 2.36. The van der Waals surface area contributed by atoms with Crippen molar-refractivity contribution in [1.29, 1.82) is 0 Å². The Morgan fingerprint density at radius 1 is 1.33 bits per heavy atom. The fourth-order valence-electron chi connectivity index (χ4n) is 1.71. The van der Waals surface area contributed by atoms with Gasteiger partial charge in [-0.2, -0.15) is 5.10 Å². The first-order valence-corrected chi connectivity index (χ1v) is 6.00. The summed E-state index contributed by atoms with van der Waals surface area (Å²) in [4.78, 5) is 11.8. The second-order valence-corrected chi connectivity index (χ2v) is 4.52. The molecule has 0 saturated carbocycles. The van der Waals surface area contributed by atoms with E-state index < -0.39 is 0 Å². The summed E-state index contributed by atoms with van der Waals surface area (Å²) >= 11 is 5.81. The third-order valence-corrected chi connectivity index (χ3v) is 3.01. The van der Waals surface area contributed by atoms with Crippen LogP contribution in [0.3, 0.4) is 0 Å². The molecule has 0 amide bonds. The molecule has 0 radical (unpaired) electrons. The highest BCUT2D eigenvalue weighted by molar-refractivity contribution is 6.30. The van der Waals surface area contributed by atoms with Gasteiger partial charge in [-0.05, 0) is 30.2 Å². The van der Waals surface area contributed by atoms with Crippen molar-refractivity contribution in [3.05, 3.63) is 62.5 Å². The zero-order chi connectivity index (χ0) is 13.1. The van der Waals surface area contributed by atoms with E-state index in [0.717, 1.165) is 16.8 Å². The van der Waals surface area contributed by atoms with Crippen molar-refractivity contribution >= 4 is 11.6 Å². The summed E-state index contributed by atoms with van der Waals surface area (Å²) in [5.74, 6) is 0. The van der Waals surface area contributed by atoms with E-state index in [4.69, 9.17) is 17.3 Å². The summed E-state index contributed by atoms with van der Waals surface area (Å²) < 4.78 is 1.43. The van der Waals surface area contributed by atoms with Crippen LogP contribution in [0, 0.1) is 6.92 Å². The van der Waals surface area contributed by atoms with Crippen LogP contribution in [0.5, 0.6) is 0 Å². The summed E-state index contributed by atoms with van der Waals surface area (Å²) in [5, 5.41) is 4.93. The van der Waals surface area contributed by atoms with E-state index in [-0.39, 0.29) is 5.56 Å². The quantitative estimate of drug-likeness (QED) is 0.917. The van der Waals surface area contributed by atoms with Gasteiger partial charge in [0, 0.05) is 17.6 Å². The number of aromatic nitrogens is 2. The van der Waals surface area contributed by atoms with Crippen molar-refractivity contribution in [2.45, 2.75) is 20.0 Å². The lowest BCUT2D eigenvalue weighted by Crippen LogP contribution is -2.25. The third-order valence-electron chi connectivity index (χ3n) is 2.75. The monoisotopic (exact) mass is 263 g/mol. The van der Waals surface area contributed by atoms with Crippen molar-refractivity contribution < 1.29 is 0 Å². The summed E-state index contributed by atoms with van der Waals surface area (Å²) in [7, 11) is 0. The number of hydrogen-bond donors (Lipinski definition) is 1. The van der Waals surface area contributed by atoms with E-state index in [1.165, 1.54) is 10.7 Å². The molecule has 5 heteroatoms. The highest BCUT2D eigenvalue weighted by atomic mass is 35.5. The number of benzene rings is 1. The molecule has 1 aromatic carbocycles. The molecule has 94 valence electrons. The standard InChI is InChI=1S/C13H14ClN3O/c1-9-11(7-15)6-13(18)17(16-9)8-10-2-4-12(14)5-3-10/h2-6H,7-8,15H2,1H3. The minimum atomic E-state index is -0.143. The van der Waals surface area contributed by atoms with Gasteiger partial charge in [0.15, 0.2) is 0 Å². The van der Waals surface area contributed by atoms with Crippen molar-refractivity contribution in [2.75, 3.05) is 0 Å². The molecule has 1 heterocycles. The Bertz CT molecular complexity index is 605. The smallest absolute Gasteiger partial charge is 0.267 e. The van der Waals surface area contributed by atoms with Crippen molar-refractivity contribution in [2.24, 2.45) is 5.73 Å². The number of hydrogen-bond acceptors (Lipinski definition) is 3. The van der Waals surface area contributed by atoms with Gasteiger partial charge in [0.1, 0.15) is 0 Å². The lowest BCUT2D eigenvalue weighted by Gasteiger charge is -2.08. The van der Waals surface area contributed by atoms with Crippen LogP contribution in [0.4, 0.5) is 0 Å². The first-order chi connectivity index (χ1) is 8.60. The van der Waals surface area contributed by atoms with Crippen LogP contribution in [-0.2, 0) is 13.1 Å². The Balaban J connectivity index is 2.32. The van der Waals surface area contributed by atoms with Crippen LogP contribution in [-0.4, -0.2) is 9.78 Å². The Labute approximate surface area is 110 Å². The van der Waals surface area contributed by atoms with Gasteiger partial charge in [0.2, 0.25) is 0 Å². The molecule has 18 heavy (non-hydrogen) atoms. The highest BCUT2D eigenvalue weighted by Crippen LogP contribution is 2.10. The maximum atomic E-state index is 11.8. The SMILES string of the molecule is Cc1nn(Cc2ccc(Cl)cc2)c(=O)cc1CN. The van der Waals surface area contributed by atoms with Crippen molar-refractivity contribution in [3.8, 4) is 0 Å². The van der Waals surface area contributed by atoms with Gasteiger partial charge in [-0.1, -0.05) is 23.7 Å². The van der Waals surface area contributed by atoms with E-state index in [1.54, 1.807) is 12.1 Å². The van der Waals surface area contributed by atoms with Crippen LogP contribution in [0.15, 0.2) is 35.1 Å². The molecule has 0 spiro atoms. The summed E-state index contributed by atoms with van der Waals surface area (Å²) in [6.07, 6.45) is 0. The van der Waals surface area contributed by atoms with E-state index in [1.807, 2.05) is 19.1 Å². The minimum absolute atomic E-state index is 0.143. The lowest BCUT2D eigenvalue weighted by atomic mass is 10.2. The highest BCUT2D eigenvalue weighted by Gasteiger charge is 2.04. The molecule has 0 aliphatic heterocycles. The molecule has 2 aromatic rings. The van der Waals surface area contributed by atoms with E-state index in [2.05, 4.69) is 5.10 Å². The summed E-state index contributed by atoms with van der Waals surface area (Å²) in [6.45, 7) is 2.61. The van der Waals surface area contributed by atoms with Gasteiger partial charge in [-0.15, -0.1) is 0 Å². The number of nitrogens with two attached hydrogens (primary N) is 1. The molecule has 0 saturated heterocycles. The number of aryl methyl sites for hydroxylation is 1. The third kappa shape index (κ3) is 2.78. The lowest BCUT2D eigenvalue weighted by molar-refractivity contribution is 0.622. The maximum absolute atomic E-state index is 11.8. The van der Waals surface area contributed by atoms with Crippen LogP contribution < -0.4 is 11.3 Å². The molecule has 1 aromatic heterocycles. The van der Waals surface area contributed by atoms with Crippen LogP contribution in [0.1, 0.15) is 16.8 Å². The van der Waals surface area contributed by atoms with Crippen molar-refractivity contribution in [1.82, 2.24) is 9.78 Å². The largest absolute Gasteiger partial charge is 0.326 e. The fourth-order valence-corrected chi connectivity index (χ4v) is 1.83. The van der Waals surface area contributed by atoms with Crippen LogP contribution in [0.2, 0.25) is 5.02 Å². The molecule has 0 atom stereocenters. The molecular weight excluding hydrogens is 250 g/mol. The Morgan fingerprint density at radius 3 is 2.61 bits per heavy atom. The zero-order valence-corrected chi connectivity index (χ0v) is 10.8. The maximum Gasteiger partial charge on any atom is 0.267 e. The molecule has 0 bridgehead atoms. The first kappa shape index (κ1) is 12.8. The zero-order valence-electron chi connectivity index (χ0n) is 10.1. The Morgan fingerprint density at radius 2 is 2.00 bits per heavy atom. The summed E-state index contributed by atoms with van der Waals surface area (Å²) in [6, 6.07) is 8.88. The van der Waals surface area contributed by atoms with E-state index in [9.17, 15) is 4.79 Å². The average molecular weight is 264 g/mol. The number of nitrogens with zero attached hydrogens (tertiary/aromatic N) is 2. The first-order valence-electron chi connectivity index (χ1n) is 5.62. The topological polar surface area (TPSA) is 60.9 Å². The van der Waals surface area contributed by atoms with Gasteiger partial charge in [0.05, 0.1) is 12.2 Å². The predicted molar refractivity (Wildman–Crippen MR) is 71.7 cm³/mol. The van der Waals surface area contributed by atoms with Gasteiger partial charge < -0.3 is 5.73 Å². The molecular formula is C13H14ClN3O. The molecule has 0 unspecified atom stereocenters. The van der Waals surface area contributed by atoms with Gasteiger partial charge in [-0.3, -0.25) is 4.79 Å². The second kappa shape index (κ2) is 5.33. The fraction of sp³-hybridized carbons (Fsp3) is 0.231. The van der Waals surface area contributed by atoms with Gasteiger partial charge >= 0.3 is 0 Å². The van der Waals surface area contributed by atoms with Gasteiger partial charge in [0.25, 0.3) is 5.56 Å². The molecule has 0 aliphatic rings. The molecule has 0 aliphatic carbocycles. The minimum Gasteiger partial charge on any atom is -0.326 e. The van der Waals surface area contributed by atoms with Crippen molar-refractivity contribution in [3.63, 3.8) is 0 Å². The van der Waals surface area contributed by atoms with E-state index >= 15 is 0 Å². The Kier molecular flexibility index (Phi) is 3.79.